The zero-order chi connectivity index (χ0) is 11.0. The largest absolute Gasteiger partial charge is 0.318 e. The zero-order valence-corrected chi connectivity index (χ0v) is 9.37. The van der Waals surface area contributed by atoms with Crippen LogP contribution in [-0.4, -0.2) is 30.0 Å². The number of nitrogens with two attached hydrogens (primary N) is 1. The van der Waals surface area contributed by atoms with Gasteiger partial charge in [-0.1, -0.05) is 0 Å². The van der Waals surface area contributed by atoms with Crippen LogP contribution in [0.3, 0.4) is 0 Å². The molecule has 0 bridgehead atoms. The number of sulfone groups is 1. The smallest absolute Gasteiger partial charge is 0.151 e. The molecule has 0 fully saturated rings. The van der Waals surface area contributed by atoms with Gasteiger partial charge in [0.15, 0.2) is 9.84 Å². The van der Waals surface area contributed by atoms with Crippen LogP contribution in [0.1, 0.15) is 12.6 Å². The van der Waals surface area contributed by atoms with Crippen molar-refractivity contribution in [3.63, 3.8) is 0 Å². The maximum Gasteiger partial charge on any atom is 0.151 e. The lowest BCUT2D eigenvalue weighted by molar-refractivity contribution is 0.371. The molecule has 0 aliphatic rings. The minimum atomic E-state index is -3.09. The number of imidazole rings is 1. The van der Waals surface area contributed by atoms with E-state index in [4.69, 9.17) is 5.73 Å². The highest BCUT2D eigenvalue weighted by Crippen LogP contribution is 2.11. The van der Waals surface area contributed by atoms with Crippen molar-refractivity contribution in [2.45, 2.75) is 19.5 Å². The van der Waals surface area contributed by atoms with Crippen LogP contribution in [0.2, 0.25) is 0 Å². The summed E-state index contributed by atoms with van der Waals surface area (Å²) >= 11 is 0. The number of nitrogens with zero attached hydrogens (tertiary/aromatic N) is 2. The third-order valence-corrected chi connectivity index (χ3v) is 2.96. The minimum Gasteiger partial charge on any atom is -0.318 e. The number of rotatable bonds is 3. The summed E-state index contributed by atoms with van der Waals surface area (Å²) in [6.07, 6.45) is 4.44. The summed E-state index contributed by atoms with van der Waals surface area (Å²) < 4.78 is 23.8. The number of aromatic nitrogens is 2. The van der Waals surface area contributed by atoms with Crippen LogP contribution in [0.5, 0.6) is 0 Å². The summed E-state index contributed by atoms with van der Waals surface area (Å²) in [5.74, 6) is -0.101. The molecule has 1 heterocycles. The average Bonchev–Trinajstić information content (AvgIpc) is 2.29. The van der Waals surface area contributed by atoms with Crippen molar-refractivity contribution >= 4 is 9.84 Å². The predicted molar refractivity (Wildman–Crippen MR) is 54.5 cm³/mol. The molecule has 80 valence electrons. The third-order valence-electron chi connectivity index (χ3n) is 1.86. The van der Waals surface area contributed by atoms with Crippen molar-refractivity contribution in [3.05, 3.63) is 18.2 Å². The van der Waals surface area contributed by atoms with Gasteiger partial charge in [0.05, 0.1) is 17.8 Å². The van der Waals surface area contributed by atoms with Gasteiger partial charge in [-0.2, -0.15) is 0 Å². The lowest BCUT2D eigenvalue weighted by Gasteiger charge is -2.25. The Balaban J connectivity index is 2.96. The highest BCUT2D eigenvalue weighted by atomic mass is 32.2. The summed E-state index contributed by atoms with van der Waals surface area (Å²) in [4.78, 5) is 4.00. The van der Waals surface area contributed by atoms with Crippen LogP contribution >= 0.6 is 0 Å². The summed E-state index contributed by atoms with van der Waals surface area (Å²) in [7, 11) is -3.09. The van der Waals surface area contributed by atoms with Crippen molar-refractivity contribution in [2.75, 3.05) is 12.0 Å². The molecular formula is C8H15N3O2S. The predicted octanol–water partition coefficient (Wildman–Crippen LogP) is -0.132. The Hall–Kier alpha value is -0.880. The Morgan fingerprint density at radius 2 is 2.21 bits per heavy atom. The molecule has 0 spiro atoms. The van der Waals surface area contributed by atoms with E-state index in [0.29, 0.717) is 0 Å². The van der Waals surface area contributed by atoms with E-state index in [2.05, 4.69) is 4.98 Å². The van der Waals surface area contributed by atoms with Crippen LogP contribution in [-0.2, 0) is 15.5 Å². The molecule has 1 aromatic rings. The highest BCUT2D eigenvalue weighted by molar-refractivity contribution is 7.90. The van der Waals surface area contributed by atoms with Gasteiger partial charge in [-0.15, -0.1) is 0 Å². The van der Waals surface area contributed by atoms with Crippen LogP contribution < -0.4 is 5.73 Å². The van der Waals surface area contributed by atoms with E-state index in [0.717, 1.165) is 5.69 Å². The van der Waals surface area contributed by atoms with Gasteiger partial charge in [-0.05, 0) is 13.8 Å². The fraction of sp³-hybridized carbons (Fsp3) is 0.625. The first-order valence-corrected chi connectivity index (χ1v) is 6.24. The molecule has 2 N–H and O–H groups in total. The molecule has 0 aliphatic carbocycles. The molecule has 0 unspecified atom stereocenters. The summed E-state index contributed by atoms with van der Waals surface area (Å²) in [6, 6.07) is 0. The van der Waals surface area contributed by atoms with Crippen molar-refractivity contribution < 1.29 is 8.42 Å². The molecule has 0 radical (unpaired) electrons. The van der Waals surface area contributed by atoms with Crippen LogP contribution in [0, 0.1) is 6.92 Å². The second-order valence-corrected chi connectivity index (χ2v) is 5.99. The zero-order valence-electron chi connectivity index (χ0n) is 8.56. The fourth-order valence-corrected chi connectivity index (χ4v) is 2.52. The minimum absolute atomic E-state index is 0.101. The standard InChI is InChI=1S/C8H15N3O2S/c1-7-4-11(6-10-7)8(2,9)5-14(3,12)13/h4,6H,5,9H2,1-3H3/t8-/m1/s1. The Kier molecular flexibility index (Phi) is 2.69. The molecule has 0 saturated carbocycles. The van der Waals surface area contributed by atoms with Gasteiger partial charge in [0.2, 0.25) is 0 Å². The van der Waals surface area contributed by atoms with Crippen LogP contribution in [0.25, 0.3) is 0 Å². The maximum atomic E-state index is 11.1. The molecule has 0 saturated heterocycles. The molecule has 14 heavy (non-hydrogen) atoms. The van der Waals surface area contributed by atoms with Gasteiger partial charge in [-0.3, -0.25) is 0 Å². The third kappa shape index (κ3) is 2.81. The van der Waals surface area contributed by atoms with Crippen molar-refractivity contribution in [2.24, 2.45) is 5.73 Å². The van der Waals surface area contributed by atoms with Crippen LogP contribution in [0.4, 0.5) is 0 Å². The Labute approximate surface area is 83.9 Å². The van der Waals surface area contributed by atoms with E-state index in [1.165, 1.54) is 6.26 Å². The van der Waals surface area contributed by atoms with Gasteiger partial charge < -0.3 is 10.3 Å². The highest BCUT2D eigenvalue weighted by Gasteiger charge is 2.25. The van der Waals surface area contributed by atoms with Gasteiger partial charge in [0.25, 0.3) is 0 Å². The van der Waals surface area contributed by atoms with E-state index in [1.807, 2.05) is 6.92 Å². The Bertz CT molecular complexity index is 420. The van der Waals surface area contributed by atoms with E-state index >= 15 is 0 Å². The number of aryl methyl sites for hydroxylation is 1. The molecule has 1 aromatic heterocycles. The first-order valence-electron chi connectivity index (χ1n) is 4.18. The van der Waals surface area contributed by atoms with E-state index in [9.17, 15) is 8.42 Å². The van der Waals surface area contributed by atoms with E-state index < -0.39 is 15.5 Å². The molecular weight excluding hydrogens is 202 g/mol. The van der Waals surface area contributed by atoms with E-state index in [-0.39, 0.29) is 5.75 Å². The van der Waals surface area contributed by atoms with Gasteiger partial charge in [0.1, 0.15) is 5.66 Å². The summed E-state index contributed by atoms with van der Waals surface area (Å²) in [6.45, 7) is 3.49. The Morgan fingerprint density at radius 1 is 1.64 bits per heavy atom. The molecule has 1 atom stereocenters. The molecule has 0 amide bonds. The monoisotopic (exact) mass is 217 g/mol. The van der Waals surface area contributed by atoms with Crippen molar-refractivity contribution in [3.8, 4) is 0 Å². The topological polar surface area (TPSA) is 78.0 Å². The second kappa shape index (κ2) is 3.36. The summed E-state index contributed by atoms with van der Waals surface area (Å²) in [5.41, 5.74) is 5.76. The average molecular weight is 217 g/mol. The normalized spacial score (nSPS) is 16.6. The SMILES string of the molecule is Cc1cn([C@@](C)(N)CS(C)(=O)=O)cn1. The quantitative estimate of drug-likeness (QED) is 0.765. The lowest BCUT2D eigenvalue weighted by Crippen LogP contribution is -2.45. The number of hydrogen-bond donors (Lipinski definition) is 1. The lowest BCUT2D eigenvalue weighted by atomic mass is 10.2. The number of hydrogen-bond acceptors (Lipinski definition) is 4. The molecule has 5 nitrogen and oxygen atoms in total. The first-order chi connectivity index (χ1) is 6.21. The van der Waals surface area contributed by atoms with Crippen LogP contribution in [0.15, 0.2) is 12.5 Å². The Morgan fingerprint density at radius 3 is 2.57 bits per heavy atom. The van der Waals surface area contributed by atoms with E-state index in [1.54, 1.807) is 24.0 Å². The van der Waals surface area contributed by atoms with Gasteiger partial charge in [-0.25, -0.2) is 13.4 Å². The fourth-order valence-electron chi connectivity index (χ4n) is 1.31. The molecule has 6 heteroatoms. The van der Waals surface area contributed by atoms with Crippen molar-refractivity contribution in [1.29, 1.82) is 0 Å². The summed E-state index contributed by atoms with van der Waals surface area (Å²) in [5, 5.41) is 0. The molecule has 0 aromatic carbocycles. The van der Waals surface area contributed by atoms with Crippen molar-refractivity contribution in [1.82, 2.24) is 9.55 Å². The van der Waals surface area contributed by atoms with Gasteiger partial charge in [0, 0.05) is 12.5 Å². The first kappa shape index (κ1) is 11.2. The second-order valence-electron chi connectivity index (χ2n) is 3.85. The molecule has 1 rings (SSSR count). The molecule has 0 aliphatic heterocycles. The van der Waals surface area contributed by atoms with Gasteiger partial charge >= 0.3 is 0 Å². The maximum absolute atomic E-state index is 11.1.